The Balaban J connectivity index is 0.00000392. The predicted molar refractivity (Wildman–Crippen MR) is 115 cm³/mol. The summed E-state index contributed by atoms with van der Waals surface area (Å²) in [6.07, 6.45) is 0.787. The number of hydrogen-bond donors (Lipinski definition) is 3. The first-order chi connectivity index (χ1) is 12.7. The SMILES string of the molecule is Cc1ccccc1NS(=O)(=O)c1ccc(C(=O)NC(CN)CC(C)C)cc1.Cl. The molecular formula is C20H28ClN3O3S. The van der Waals surface area contributed by atoms with E-state index in [9.17, 15) is 13.2 Å². The van der Waals surface area contributed by atoms with Gasteiger partial charge in [-0.3, -0.25) is 9.52 Å². The van der Waals surface area contributed by atoms with Gasteiger partial charge >= 0.3 is 0 Å². The summed E-state index contributed by atoms with van der Waals surface area (Å²) in [6, 6.07) is 12.9. The molecule has 0 bridgehead atoms. The van der Waals surface area contributed by atoms with Crippen molar-refractivity contribution in [2.24, 2.45) is 11.7 Å². The molecule has 2 rings (SSSR count). The molecule has 1 unspecified atom stereocenters. The van der Waals surface area contributed by atoms with E-state index in [4.69, 9.17) is 5.73 Å². The van der Waals surface area contributed by atoms with Crippen molar-refractivity contribution >= 4 is 34.0 Å². The van der Waals surface area contributed by atoms with Crippen LogP contribution in [0, 0.1) is 12.8 Å². The third-order valence-electron chi connectivity index (χ3n) is 4.19. The Bertz CT molecular complexity index is 884. The van der Waals surface area contributed by atoms with E-state index in [-0.39, 0.29) is 29.3 Å². The minimum atomic E-state index is -3.72. The van der Waals surface area contributed by atoms with Crippen molar-refractivity contribution in [2.45, 2.75) is 38.1 Å². The van der Waals surface area contributed by atoms with Gasteiger partial charge in [-0.05, 0) is 55.2 Å². The molecule has 0 heterocycles. The normalized spacial score (nSPS) is 12.2. The highest BCUT2D eigenvalue weighted by Gasteiger charge is 2.17. The van der Waals surface area contributed by atoms with Crippen molar-refractivity contribution in [3.63, 3.8) is 0 Å². The van der Waals surface area contributed by atoms with Gasteiger partial charge in [0.15, 0.2) is 0 Å². The fourth-order valence-corrected chi connectivity index (χ4v) is 3.86. The topological polar surface area (TPSA) is 101 Å². The number of benzene rings is 2. The lowest BCUT2D eigenvalue weighted by molar-refractivity contribution is 0.0933. The van der Waals surface area contributed by atoms with E-state index in [1.54, 1.807) is 12.1 Å². The highest BCUT2D eigenvalue weighted by molar-refractivity contribution is 7.92. The van der Waals surface area contributed by atoms with E-state index in [1.165, 1.54) is 24.3 Å². The quantitative estimate of drug-likeness (QED) is 0.603. The molecule has 0 spiro atoms. The highest BCUT2D eigenvalue weighted by atomic mass is 35.5. The Labute approximate surface area is 173 Å². The zero-order valence-corrected chi connectivity index (χ0v) is 17.9. The Morgan fingerprint density at radius 3 is 2.21 bits per heavy atom. The van der Waals surface area contributed by atoms with Crippen LogP contribution < -0.4 is 15.8 Å². The molecule has 0 aliphatic heterocycles. The first kappa shape index (κ1) is 23.9. The van der Waals surface area contributed by atoms with Crippen LogP contribution >= 0.6 is 12.4 Å². The van der Waals surface area contributed by atoms with Crippen LogP contribution in [-0.2, 0) is 10.0 Å². The molecule has 154 valence electrons. The van der Waals surface area contributed by atoms with Gasteiger partial charge in [0.25, 0.3) is 15.9 Å². The van der Waals surface area contributed by atoms with Crippen molar-refractivity contribution < 1.29 is 13.2 Å². The van der Waals surface area contributed by atoms with Crippen LogP contribution in [0.5, 0.6) is 0 Å². The second-order valence-electron chi connectivity index (χ2n) is 6.98. The van der Waals surface area contributed by atoms with Crippen LogP contribution in [-0.4, -0.2) is 26.9 Å². The largest absolute Gasteiger partial charge is 0.348 e. The van der Waals surface area contributed by atoms with E-state index in [0.29, 0.717) is 23.7 Å². The average Bonchev–Trinajstić information content (AvgIpc) is 2.62. The van der Waals surface area contributed by atoms with Gasteiger partial charge < -0.3 is 11.1 Å². The number of anilines is 1. The van der Waals surface area contributed by atoms with Crippen LogP contribution in [0.4, 0.5) is 5.69 Å². The lowest BCUT2D eigenvalue weighted by Gasteiger charge is -2.19. The summed E-state index contributed by atoms with van der Waals surface area (Å²) in [6.45, 7) is 6.32. The van der Waals surface area contributed by atoms with Gasteiger partial charge in [0.2, 0.25) is 0 Å². The molecule has 1 atom stereocenters. The lowest BCUT2D eigenvalue weighted by atomic mass is 10.0. The average molecular weight is 426 g/mol. The molecule has 0 aromatic heterocycles. The smallest absolute Gasteiger partial charge is 0.261 e. The van der Waals surface area contributed by atoms with Crippen LogP contribution in [0.3, 0.4) is 0 Å². The van der Waals surface area contributed by atoms with E-state index in [0.717, 1.165) is 12.0 Å². The summed E-state index contributed by atoms with van der Waals surface area (Å²) >= 11 is 0. The molecule has 4 N–H and O–H groups in total. The molecule has 0 aliphatic carbocycles. The lowest BCUT2D eigenvalue weighted by Crippen LogP contribution is -2.41. The van der Waals surface area contributed by atoms with Gasteiger partial charge in [-0.25, -0.2) is 8.42 Å². The number of sulfonamides is 1. The van der Waals surface area contributed by atoms with E-state index in [2.05, 4.69) is 23.9 Å². The first-order valence-corrected chi connectivity index (χ1v) is 10.4. The molecule has 2 aromatic carbocycles. The van der Waals surface area contributed by atoms with E-state index >= 15 is 0 Å². The summed E-state index contributed by atoms with van der Waals surface area (Å²) in [7, 11) is -3.72. The minimum absolute atomic E-state index is 0. The molecule has 6 nitrogen and oxygen atoms in total. The number of amides is 1. The number of nitrogens with two attached hydrogens (primary N) is 1. The minimum Gasteiger partial charge on any atom is -0.348 e. The fraction of sp³-hybridized carbons (Fsp3) is 0.350. The number of para-hydroxylation sites is 1. The zero-order chi connectivity index (χ0) is 20.0. The Morgan fingerprint density at radius 1 is 1.07 bits per heavy atom. The monoisotopic (exact) mass is 425 g/mol. The molecule has 28 heavy (non-hydrogen) atoms. The maximum Gasteiger partial charge on any atom is 0.261 e. The first-order valence-electron chi connectivity index (χ1n) is 8.92. The fourth-order valence-electron chi connectivity index (χ4n) is 2.73. The summed E-state index contributed by atoms with van der Waals surface area (Å²) in [5, 5.41) is 2.89. The zero-order valence-electron chi connectivity index (χ0n) is 16.3. The second-order valence-corrected chi connectivity index (χ2v) is 8.66. The highest BCUT2D eigenvalue weighted by Crippen LogP contribution is 2.19. The number of carbonyl (C=O) groups excluding carboxylic acids is 1. The van der Waals surface area contributed by atoms with Gasteiger partial charge in [0.1, 0.15) is 0 Å². The maximum absolute atomic E-state index is 12.6. The predicted octanol–water partition coefficient (Wildman–Crippen LogP) is 3.32. The van der Waals surface area contributed by atoms with E-state index < -0.39 is 10.0 Å². The van der Waals surface area contributed by atoms with Gasteiger partial charge in [0.05, 0.1) is 10.6 Å². The Morgan fingerprint density at radius 2 is 1.68 bits per heavy atom. The Hall–Kier alpha value is -2.09. The van der Waals surface area contributed by atoms with Crippen molar-refractivity contribution in [1.82, 2.24) is 5.32 Å². The van der Waals surface area contributed by atoms with Gasteiger partial charge in [-0.1, -0.05) is 32.0 Å². The molecule has 0 saturated carbocycles. The molecule has 1 amide bonds. The molecule has 0 fully saturated rings. The van der Waals surface area contributed by atoms with Gasteiger partial charge in [0, 0.05) is 18.2 Å². The molecule has 2 aromatic rings. The van der Waals surface area contributed by atoms with Crippen LogP contribution in [0.2, 0.25) is 0 Å². The van der Waals surface area contributed by atoms with E-state index in [1.807, 2.05) is 19.1 Å². The molecular weight excluding hydrogens is 398 g/mol. The molecule has 0 saturated heterocycles. The summed E-state index contributed by atoms with van der Waals surface area (Å²) in [5.74, 6) is 0.154. The summed E-state index contributed by atoms with van der Waals surface area (Å²) in [5.41, 5.74) is 7.46. The molecule has 0 radical (unpaired) electrons. The summed E-state index contributed by atoms with van der Waals surface area (Å²) < 4.78 is 27.7. The second kappa shape index (κ2) is 10.5. The third kappa shape index (κ3) is 6.51. The number of hydrogen-bond acceptors (Lipinski definition) is 4. The van der Waals surface area contributed by atoms with Crippen LogP contribution in [0.1, 0.15) is 36.2 Å². The molecule has 8 heteroatoms. The Kier molecular flexibility index (Phi) is 8.94. The molecule has 0 aliphatic rings. The van der Waals surface area contributed by atoms with Crippen molar-refractivity contribution in [2.75, 3.05) is 11.3 Å². The third-order valence-corrected chi connectivity index (χ3v) is 5.57. The number of halogens is 1. The van der Waals surface area contributed by atoms with Crippen LogP contribution in [0.25, 0.3) is 0 Å². The number of carbonyl (C=O) groups is 1. The number of rotatable bonds is 8. The van der Waals surface area contributed by atoms with Crippen molar-refractivity contribution in [3.05, 3.63) is 59.7 Å². The number of aryl methyl sites for hydroxylation is 1. The van der Waals surface area contributed by atoms with Gasteiger partial charge in [-0.2, -0.15) is 0 Å². The summed E-state index contributed by atoms with van der Waals surface area (Å²) in [4.78, 5) is 12.5. The standard InChI is InChI=1S/C20H27N3O3S.ClH/c1-14(2)12-17(13-21)22-20(24)16-8-10-18(11-9-16)27(25,26)23-19-7-5-4-6-15(19)3;/h4-11,14,17,23H,12-13,21H2,1-3H3,(H,22,24);1H. The number of nitrogens with one attached hydrogen (secondary N) is 2. The van der Waals surface area contributed by atoms with Crippen molar-refractivity contribution in [3.8, 4) is 0 Å². The maximum atomic E-state index is 12.6. The van der Waals surface area contributed by atoms with Crippen molar-refractivity contribution in [1.29, 1.82) is 0 Å². The van der Waals surface area contributed by atoms with Gasteiger partial charge in [-0.15, -0.1) is 12.4 Å². The van der Waals surface area contributed by atoms with Crippen LogP contribution in [0.15, 0.2) is 53.4 Å².